The van der Waals surface area contributed by atoms with E-state index in [0.29, 0.717) is 10.6 Å². The van der Waals surface area contributed by atoms with Gasteiger partial charge in [-0.3, -0.25) is 9.59 Å². The number of thiophene rings is 1. The molecular formula is C17H18N2O2S. The van der Waals surface area contributed by atoms with Crippen molar-refractivity contribution in [2.45, 2.75) is 25.7 Å². The fraction of sp³-hybridized carbons (Fsp3) is 0.294. The molecule has 0 bridgehead atoms. The number of hydrogen-bond donors (Lipinski definition) is 2. The van der Waals surface area contributed by atoms with Gasteiger partial charge in [0.15, 0.2) is 0 Å². The van der Waals surface area contributed by atoms with Crippen LogP contribution in [-0.4, -0.2) is 11.8 Å². The maximum absolute atomic E-state index is 12.1. The van der Waals surface area contributed by atoms with Crippen LogP contribution in [0, 0.1) is 5.92 Å². The average Bonchev–Trinajstić information content (AvgIpc) is 3.21. The van der Waals surface area contributed by atoms with Crippen molar-refractivity contribution in [3.63, 3.8) is 0 Å². The van der Waals surface area contributed by atoms with Gasteiger partial charge < -0.3 is 10.6 Å². The average molecular weight is 314 g/mol. The van der Waals surface area contributed by atoms with Crippen LogP contribution >= 0.6 is 11.3 Å². The summed E-state index contributed by atoms with van der Waals surface area (Å²) in [6.07, 6.45) is 4.21. The molecule has 0 spiro atoms. The monoisotopic (exact) mass is 314 g/mol. The van der Waals surface area contributed by atoms with Gasteiger partial charge in [0, 0.05) is 17.3 Å². The highest BCUT2D eigenvalue weighted by Crippen LogP contribution is 2.26. The van der Waals surface area contributed by atoms with Crippen LogP contribution in [0.5, 0.6) is 0 Å². The van der Waals surface area contributed by atoms with Gasteiger partial charge in [-0.1, -0.05) is 25.0 Å². The van der Waals surface area contributed by atoms with E-state index >= 15 is 0 Å². The van der Waals surface area contributed by atoms with E-state index in [4.69, 9.17) is 0 Å². The zero-order valence-electron chi connectivity index (χ0n) is 12.2. The number of amides is 2. The molecule has 1 aliphatic rings. The molecule has 4 nitrogen and oxygen atoms in total. The van der Waals surface area contributed by atoms with Crippen LogP contribution in [0.3, 0.4) is 0 Å². The Morgan fingerprint density at radius 1 is 1.00 bits per heavy atom. The normalized spacial score (nSPS) is 14.7. The van der Waals surface area contributed by atoms with E-state index in [0.717, 1.165) is 31.4 Å². The summed E-state index contributed by atoms with van der Waals surface area (Å²) >= 11 is 1.40. The largest absolute Gasteiger partial charge is 0.326 e. The molecule has 5 heteroatoms. The third kappa shape index (κ3) is 3.54. The number of benzene rings is 1. The highest BCUT2D eigenvalue weighted by molar-refractivity contribution is 7.12. The SMILES string of the molecule is O=C(Nc1cccc(NC(=O)C2CCCC2)c1)c1cccs1. The van der Waals surface area contributed by atoms with E-state index in [1.807, 2.05) is 29.6 Å². The van der Waals surface area contributed by atoms with Crippen LogP contribution in [-0.2, 0) is 4.79 Å². The summed E-state index contributed by atoms with van der Waals surface area (Å²) in [5.74, 6) is 0.0814. The van der Waals surface area contributed by atoms with Gasteiger partial charge in [0.1, 0.15) is 0 Å². The van der Waals surface area contributed by atoms with Crippen LogP contribution < -0.4 is 10.6 Å². The second kappa shape index (κ2) is 6.75. The summed E-state index contributed by atoms with van der Waals surface area (Å²) in [6, 6.07) is 10.9. The molecule has 0 atom stereocenters. The van der Waals surface area contributed by atoms with Crippen LogP contribution in [0.15, 0.2) is 41.8 Å². The smallest absolute Gasteiger partial charge is 0.265 e. The van der Waals surface area contributed by atoms with Crippen LogP contribution in [0.4, 0.5) is 11.4 Å². The van der Waals surface area contributed by atoms with Gasteiger partial charge in [-0.2, -0.15) is 0 Å². The van der Waals surface area contributed by atoms with E-state index in [-0.39, 0.29) is 17.7 Å². The summed E-state index contributed by atoms with van der Waals surface area (Å²) in [4.78, 5) is 24.8. The Hall–Kier alpha value is -2.14. The molecule has 114 valence electrons. The lowest BCUT2D eigenvalue weighted by Crippen LogP contribution is -2.20. The molecule has 1 saturated carbocycles. The molecule has 1 fully saturated rings. The number of nitrogens with one attached hydrogen (secondary N) is 2. The number of hydrogen-bond acceptors (Lipinski definition) is 3. The highest BCUT2D eigenvalue weighted by atomic mass is 32.1. The van der Waals surface area contributed by atoms with E-state index < -0.39 is 0 Å². The van der Waals surface area contributed by atoms with Crippen molar-refractivity contribution >= 4 is 34.5 Å². The molecule has 1 aromatic carbocycles. The lowest BCUT2D eigenvalue weighted by molar-refractivity contribution is -0.119. The lowest BCUT2D eigenvalue weighted by atomic mass is 10.1. The third-order valence-electron chi connectivity index (χ3n) is 3.86. The van der Waals surface area contributed by atoms with Gasteiger partial charge in [-0.15, -0.1) is 11.3 Å². The van der Waals surface area contributed by atoms with Crippen molar-refractivity contribution in [3.05, 3.63) is 46.7 Å². The van der Waals surface area contributed by atoms with Crippen molar-refractivity contribution < 1.29 is 9.59 Å². The quantitative estimate of drug-likeness (QED) is 0.891. The first-order valence-corrected chi connectivity index (χ1v) is 8.36. The molecule has 0 radical (unpaired) electrons. The zero-order chi connectivity index (χ0) is 15.4. The Kier molecular flexibility index (Phi) is 4.53. The number of carbonyl (C=O) groups excluding carboxylic acids is 2. The minimum Gasteiger partial charge on any atom is -0.326 e. The van der Waals surface area contributed by atoms with Gasteiger partial charge >= 0.3 is 0 Å². The molecule has 2 aromatic rings. The van der Waals surface area contributed by atoms with Gasteiger partial charge in [-0.05, 0) is 42.5 Å². The molecule has 0 aliphatic heterocycles. The minimum atomic E-state index is -0.130. The first-order valence-electron chi connectivity index (χ1n) is 7.48. The van der Waals surface area contributed by atoms with Gasteiger partial charge in [0.2, 0.25) is 5.91 Å². The third-order valence-corrected chi connectivity index (χ3v) is 4.73. The van der Waals surface area contributed by atoms with Crippen molar-refractivity contribution in [1.82, 2.24) is 0 Å². The molecule has 3 rings (SSSR count). The maximum Gasteiger partial charge on any atom is 0.265 e. The molecule has 1 heterocycles. The van der Waals surface area contributed by atoms with Gasteiger partial charge in [-0.25, -0.2) is 0 Å². The number of anilines is 2. The van der Waals surface area contributed by atoms with Crippen LogP contribution in [0.25, 0.3) is 0 Å². The Morgan fingerprint density at radius 3 is 2.41 bits per heavy atom. The molecular weight excluding hydrogens is 296 g/mol. The van der Waals surface area contributed by atoms with Crippen molar-refractivity contribution in [2.75, 3.05) is 10.6 Å². The molecule has 22 heavy (non-hydrogen) atoms. The molecule has 2 N–H and O–H groups in total. The molecule has 1 aliphatic carbocycles. The summed E-state index contributed by atoms with van der Waals surface area (Å²) in [5, 5.41) is 7.66. The van der Waals surface area contributed by atoms with Crippen molar-refractivity contribution in [3.8, 4) is 0 Å². The van der Waals surface area contributed by atoms with Gasteiger partial charge in [0.25, 0.3) is 5.91 Å². The fourth-order valence-corrected chi connectivity index (χ4v) is 3.33. The zero-order valence-corrected chi connectivity index (χ0v) is 13.0. The standard InChI is InChI=1S/C17H18N2O2S/c20-16(12-5-1-2-6-12)18-13-7-3-8-14(11-13)19-17(21)15-9-4-10-22-15/h3-4,7-12H,1-2,5-6H2,(H,18,20)(H,19,21). The van der Waals surface area contributed by atoms with E-state index in [1.54, 1.807) is 12.1 Å². The Bertz CT molecular complexity index is 661. The maximum atomic E-state index is 12.1. The summed E-state index contributed by atoms with van der Waals surface area (Å²) in [5.41, 5.74) is 1.41. The molecule has 0 unspecified atom stereocenters. The van der Waals surface area contributed by atoms with Crippen molar-refractivity contribution in [1.29, 1.82) is 0 Å². The fourth-order valence-electron chi connectivity index (χ4n) is 2.71. The second-order valence-corrected chi connectivity index (χ2v) is 6.43. The molecule has 2 amide bonds. The topological polar surface area (TPSA) is 58.2 Å². The predicted molar refractivity (Wildman–Crippen MR) is 89.3 cm³/mol. The molecule has 1 aromatic heterocycles. The number of rotatable bonds is 4. The number of carbonyl (C=O) groups is 2. The first-order chi connectivity index (χ1) is 10.7. The summed E-state index contributed by atoms with van der Waals surface area (Å²) < 4.78 is 0. The predicted octanol–water partition coefficient (Wildman–Crippen LogP) is 4.13. The minimum absolute atomic E-state index is 0.0826. The lowest BCUT2D eigenvalue weighted by Gasteiger charge is -2.11. The van der Waals surface area contributed by atoms with Crippen LogP contribution in [0.2, 0.25) is 0 Å². The molecule has 0 saturated heterocycles. The second-order valence-electron chi connectivity index (χ2n) is 5.48. The Morgan fingerprint density at radius 2 is 1.73 bits per heavy atom. The summed E-state index contributed by atoms with van der Waals surface area (Å²) in [7, 11) is 0. The van der Waals surface area contributed by atoms with Crippen LogP contribution in [0.1, 0.15) is 35.4 Å². The Balaban J connectivity index is 1.64. The van der Waals surface area contributed by atoms with Crippen molar-refractivity contribution in [2.24, 2.45) is 5.92 Å². The highest BCUT2D eigenvalue weighted by Gasteiger charge is 2.22. The van der Waals surface area contributed by atoms with E-state index in [9.17, 15) is 9.59 Å². The Labute approximate surface area is 133 Å². The summed E-state index contributed by atoms with van der Waals surface area (Å²) in [6.45, 7) is 0. The van der Waals surface area contributed by atoms with E-state index in [1.165, 1.54) is 11.3 Å². The first kappa shape index (κ1) is 14.8. The van der Waals surface area contributed by atoms with E-state index in [2.05, 4.69) is 10.6 Å². The van der Waals surface area contributed by atoms with Gasteiger partial charge in [0.05, 0.1) is 4.88 Å².